The lowest BCUT2D eigenvalue weighted by molar-refractivity contribution is -0.166. The number of carbonyl (C=O) groups is 1. The minimum absolute atomic E-state index is 0.0231. The molecule has 54 valence electrons. The van der Waals surface area contributed by atoms with Gasteiger partial charge in [-0.1, -0.05) is 0 Å². The van der Waals surface area contributed by atoms with E-state index >= 15 is 0 Å². The Hall–Kier alpha value is -0.670. The van der Waals surface area contributed by atoms with Crippen molar-refractivity contribution in [2.24, 2.45) is 0 Å². The summed E-state index contributed by atoms with van der Waals surface area (Å²) in [6, 6.07) is 0. The second-order valence-electron chi connectivity index (χ2n) is 2.52. The molecule has 1 aliphatic carbocycles. The lowest BCUT2D eigenvalue weighted by Crippen LogP contribution is -2.46. The van der Waals surface area contributed by atoms with Crippen LogP contribution in [-0.2, 0) is 14.3 Å². The first-order chi connectivity index (χ1) is 4.75. The molecule has 1 spiro atoms. The molecule has 2 aliphatic rings. The van der Waals surface area contributed by atoms with E-state index in [1.54, 1.807) is 13.0 Å². The number of hydrogen-bond donors (Lipinski definition) is 0. The normalized spacial score (nSPS) is 28.5. The van der Waals surface area contributed by atoms with E-state index in [1.807, 2.05) is 0 Å². The lowest BCUT2D eigenvalue weighted by Gasteiger charge is -2.30. The molecule has 0 N–H and O–H groups in total. The predicted octanol–water partition coefficient (Wildman–Crippen LogP) is 0.258. The number of rotatable bonds is 0. The van der Waals surface area contributed by atoms with Crippen molar-refractivity contribution in [3.05, 3.63) is 11.6 Å². The zero-order valence-electron chi connectivity index (χ0n) is 5.72. The highest BCUT2D eigenvalue weighted by atomic mass is 16.7. The summed E-state index contributed by atoms with van der Waals surface area (Å²) in [6.07, 6.45) is 1.72. The van der Waals surface area contributed by atoms with Gasteiger partial charge in [-0.05, 0) is 18.6 Å². The smallest absolute Gasteiger partial charge is 0.254 e. The first kappa shape index (κ1) is 6.07. The number of carbonyl (C=O) groups excluding carboxylic acids is 1. The van der Waals surface area contributed by atoms with Crippen LogP contribution in [0.15, 0.2) is 11.6 Å². The average molecular weight is 140 g/mol. The predicted molar refractivity (Wildman–Crippen MR) is 33.4 cm³/mol. The van der Waals surface area contributed by atoms with Gasteiger partial charge in [-0.3, -0.25) is 4.79 Å². The highest BCUT2D eigenvalue weighted by Gasteiger charge is 2.49. The summed E-state index contributed by atoms with van der Waals surface area (Å²) in [5.41, 5.74) is 0.738. The van der Waals surface area contributed by atoms with Crippen LogP contribution in [0.2, 0.25) is 0 Å². The van der Waals surface area contributed by atoms with Crippen molar-refractivity contribution in [2.45, 2.75) is 12.7 Å². The fraction of sp³-hybridized carbons (Fsp3) is 0.571. The monoisotopic (exact) mass is 140 g/mol. The second kappa shape index (κ2) is 1.68. The van der Waals surface area contributed by atoms with Gasteiger partial charge >= 0.3 is 0 Å². The molecule has 1 saturated heterocycles. The Bertz CT molecular complexity index is 211. The summed E-state index contributed by atoms with van der Waals surface area (Å²) in [4.78, 5) is 11.1. The van der Waals surface area contributed by atoms with E-state index in [0.717, 1.165) is 5.57 Å². The van der Waals surface area contributed by atoms with Gasteiger partial charge in [0.1, 0.15) is 0 Å². The number of Topliss-reactive ketones (excluding diaryl/α,β-unsaturated/α-hetero) is 1. The summed E-state index contributed by atoms with van der Waals surface area (Å²) in [6.45, 7) is 2.81. The van der Waals surface area contributed by atoms with Crippen LogP contribution in [0.25, 0.3) is 0 Å². The fourth-order valence-electron chi connectivity index (χ4n) is 1.26. The molecule has 1 fully saturated rings. The Labute approximate surface area is 58.6 Å². The highest BCUT2D eigenvalue weighted by molar-refractivity contribution is 6.08. The molecule has 0 unspecified atom stereocenters. The van der Waals surface area contributed by atoms with Gasteiger partial charge in [0.2, 0.25) is 5.78 Å². The standard InChI is InChI=1S/C7H8O3/c1-5-4-7(6(5)8)9-2-3-10-7/h4H,2-3H2,1H3. The zero-order valence-corrected chi connectivity index (χ0v) is 5.72. The third kappa shape index (κ3) is 0.540. The van der Waals surface area contributed by atoms with Crippen molar-refractivity contribution in [3.8, 4) is 0 Å². The molecular formula is C7H8O3. The van der Waals surface area contributed by atoms with Gasteiger partial charge in [0.05, 0.1) is 13.2 Å². The largest absolute Gasteiger partial charge is 0.338 e. The fourth-order valence-corrected chi connectivity index (χ4v) is 1.26. The van der Waals surface area contributed by atoms with E-state index in [4.69, 9.17) is 9.47 Å². The van der Waals surface area contributed by atoms with Crippen LogP contribution in [0, 0.1) is 0 Å². The first-order valence-electron chi connectivity index (χ1n) is 3.27. The van der Waals surface area contributed by atoms with Crippen molar-refractivity contribution >= 4 is 5.78 Å². The molecule has 3 nitrogen and oxygen atoms in total. The Balaban J connectivity index is 2.28. The molecule has 0 bridgehead atoms. The topological polar surface area (TPSA) is 35.5 Å². The minimum atomic E-state index is -0.954. The lowest BCUT2D eigenvalue weighted by atomic mass is 9.91. The maximum atomic E-state index is 11.1. The molecule has 0 aromatic heterocycles. The van der Waals surface area contributed by atoms with Crippen molar-refractivity contribution in [1.29, 1.82) is 0 Å². The third-order valence-corrected chi connectivity index (χ3v) is 1.80. The molecule has 0 radical (unpaired) electrons. The zero-order chi connectivity index (χ0) is 7.19. The maximum Gasteiger partial charge on any atom is 0.254 e. The van der Waals surface area contributed by atoms with Crippen molar-refractivity contribution in [2.75, 3.05) is 13.2 Å². The van der Waals surface area contributed by atoms with Gasteiger partial charge in [-0.15, -0.1) is 0 Å². The molecule has 1 heterocycles. The van der Waals surface area contributed by atoms with E-state index < -0.39 is 5.79 Å². The molecule has 0 aromatic rings. The van der Waals surface area contributed by atoms with Gasteiger partial charge in [0.25, 0.3) is 5.79 Å². The second-order valence-corrected chi connectivity index (χ2v) is 2.52. The minimum Gasteiger partial charge on any atom is -0.338 e. The number of ether oxygens (including phenoxy) is 2. The van der Waals surface area contributed by atoms with E-state index in [-0.39, 0.29) is 5.78 Å². The molecule has 2 rings (SSSR count). The third-order valence-electron chi connectivity index (χ3n) is 1.80. The molecule has 0 aromatic carbocycles. The first-order valence-corrected chi connectivity index (χ1v) is 3.27. The van der Waals surface area contributed by atoms with Crippen LogP contribution in [0.5, 0.6) is 0 Å². The van der Waals surface area contributed by atoms with Crippen LogP contribution in [0.3, 0.4) is 0 Å². The van der Waals surface area contributed by atoms with Crippen LogP contribution < -0.4 is 0 Å². The maximum absolute atomic E-state index is 11.1. The Morgan fingerprint density at radius 1 is 1.50 bits per heavy atom. The van der Waals surface area contributed by atoms with Gasteiger partial charge in [-0.2, -0.15) is 0 Å². The van der Waals surface area contributed by atoms with Gasteiger partial charge < -0.3 is 9.47 Å². The van der Waals surface area contributed by atoms with E-state index in [9.17, 15) is 4.79 Å². The van der Waals surface area contributed by atoms with Gasteiger partial charge in [0.15, 0.2) is 0 Å². The van der Waals surface area contributed by atoms with Crippen LogP contribution in [0.4, 0.5) is 0 Å². The van der Waals surface area contributed by atoms with Crippen LogP contribution in [-0.4, -0.2) is 24.8 Å². The van der Waals surface area contributed by atoms with Crippen LogP contribution in [0.1, 0.15) is 6.92 Å². The average Bonchev–Trinajstić information content (AvgIpc) is 2.38. The quantitative estimate of drug-likeness (QED) is 0.484. The summed E-state index contributed by atoms with van der Waals surface area (Å²) < 4.78 is 10.2. The Morgan fingerprint density at radius 2 is 2.10 bits per heavy atom. The Kier molecular flexibility index (Phi) is 1.02. The summed E-state index contributed by atoms with van der Waals surface area (Å²) in [5, 5.41) is 0. The number of hydrogen-bond acceptors (Lipinski definition) is 3. The highest BCUT2D eigenvalue weighted by Crippen LogP contribution is 2.33. The number of ketones is 1. The summed E-state index contributed by atoms with van der Waals surface area (Å²) in [7, 11) is 0. The van der Waals surface area contributed by atoms with Gasteiger partial charge in [-0.25, -0.2) is 0 Å². The summed E-state index contributed by atoms with van der Waals surface area (Å²) in [5.74, 6) is -0.977. The molecule has 0 amide bonds. The van der Waals surface area contributed by atoms with Crippen molar-refractivity contribution in [1.82, 2.24) is 0 Å². The van der Waals surface area contributed by atoms with E-state index in [0.29, 0.717) is 13.2 Å². The van der Waals surface area contributed by atoms with Crippen molar-refractivity contribution < 1.29 is 14.3 Å². The van der Waals surface area contributed by atoms with E-state index in [2.05, 4.69) is 0 Å². The molecule has 1 aliphatic heterocycles. The molecule has 0 atom stereocenters. The van der Waals surface area contributed by atoms with Gasteiger partial charge in [0, 0.05) is 0 Å². The molecular weight excluding hydrogens is 132 g/mol. The molecule has 3 heteroatoms. The van der Waals surface area contributed by atoms with E-state index in [1.165, 1.54) is 0 Å². The molecule has 10 heavy (non-hydrogen) atoms. The SMILES string of the molecule is CC1=CC2(OCCO2)C1=O. The molecule has 0 saturated carbocycles. The summed E-state index contributed by atoms with van der Waals surface area (Å²) >= 11 is 0. The van der Waals surface area contributed by atoms with Crippen molar-refractivity contribution in [3.63, 3.8) is 0 Å². The Morgan fingerprint density at radius 3 is 2.50 bits per heavy atom. The van der Waals surface area contributed by atoms with Crippen LogP contribution >= 0.6 is 0 Å².